The van der Waals surface area contributed by atoms with Gasteiger partial charge in [0, 0.05) is 0 Å². The Kier molecular flexibility index (Phi) is 7.14. The summed E-state index contributed by atoms with van der Waals surface area (Å²) in [4.78, 5) is 12.4. The Bertz CT molecular complexity index is 439. The molecule has 0 aliphatic rings. The van der Waals surface area contributed by atoms with Gasteiger partial charge in [0.2, 0.25) is 0 Å². The van der Waals surface area contributed by atoms with Gasteiger partial charge in [0.05, 0.1) is 17.4 Å². The van der Waals surface area contributed by atoms with Crippen molar-refractivity contribution in [3.63, 3.8) is 0 Å². The van der Waals surface area contributed by atoms with E-state index in [1.807, 2.05) is 26.0 Å². The lowest BCUT2D eigenvalue weighted by Gasteiger charge is -2.16. The number of rotatable bonds is 8. The molecule has 0 radical (unpaired) electrons. The van der Waals surface area contributed by atoms with Crippen molar-refractivity contribution >= 4 is 17.5 Å². The van der Waals surface area contributed by atoms with Gasteiger partial charge in [-0.05, 0) is 49.6 Å². The van der Waals surface area contributed by atoms with Gasteiger partial charge in [-0.3, -0.25) is 4.79 Å². The molecular formula is C17H26O2S. The predicted molar refractivity (Wildman–Crippen MR) is 88.2 cm³/mol. The van der Waals surface area contributed by atoms with Crippen LogP contribution in [0.3, 0.4) is 0 Å². The molecule has 1 rings (SSSR count). The van der Waals surface area contributed by atoms with Crippen LogP contribution in [0.1, 0.15) is 62.9 Å². The third-order valence-corrected chi connectivity index (χ3v) is 4.08. The largest absolute Gasteiger partial charge is 0.490 e. The van der Waals surface area contributed by atoms with E-state index in [9.17, 15) is 4.79 Å². The lowest BCUT2D eigenvalue weighted by molar-refractivity contribution is 0.101. The molecule has 20 heavy (non-hydrogen) atoms. The van der Waals surface area contributed by atoms with Gasteiger partial charge < -0.3 is 4.74 Å². The van der Waals surface area contributed by atoms with Crippen LogP contribution in [-0.4, -0.2) is 23.4 Å². The molecule has 0 amide bonds. The van der Waals surface area contributed by atoms with Crippen molar-refractivity contribution in [2.75, 3.05) is 11.5 Å². The van der Waals surface area contributed by atoms with Gasteiger partial charge in [0.15, 0.2) is 5.78 Å². The van der Waals surface area contributed by atoms with Crippen LogP contribution in [-0.2, 0) is 0 Å². The standard InChI is InChI=1S/C17H26O2S/c1-6-9-20-11-16(18)15-10-14(12(2)3)7-8-17(15)19-13(4)5/h7-8,10,12-13H,6,9,11H2,1-5H3. The van der Waals surface area contributed by atoms with Gasteiger partial charge >= 0.3 is 0 Å². The summed E-state index contributed by atoms with van der Waals surface area (Å²) in [5.74, 6) is 2.85. The van der Waals surface area contributed by atoms with Gasteiger partial charge in [-0.25, -0.2) is 0 Å². The van der Waals surface area contributed by atoms with Gasteiger partial charge in [-0.15, -0.1) is 0 Å². The fraction of sp³-hybridized carbons (Fsp3) is 0.588. The van der Waals surface area contributed by atoms with E-state index in [1.54, 1.807) is 11.8 Å². The van der Waals surface area contributed by atoms with E-state index in [0.29, 0.717) is 17.4 Å². The summed E-state index contributed by atoms with van der Waals surface area (Å²) in [5.41, 5.74) is 1.92. The maximum atomic E-state index is 12.4. The van der Waals surface area contributed by atoms with E-state index in [0.717, 1.165) is 17.7 Å². The van der Waals surface area contributed by atoms with E-state index in [4.69, 9.17) is 4.74 Å². The average Bonchev–Trinajstić information content (AvgIpc) is 2.38. The van der Waals surface area contributed by atoms with Gasteiger partial charge in [0.25, 0.3) is 0 Å². The lowest BCUT2D eigenvalue weighted by atomic mass is 9.99. The molecule has 0 aliphatic heterocycles. The first-order chi connectivity index (χ1) is 9.45. The van der Waals surface area contributed by atoms with Crippen molar-refractivity contribution in [2.24, 2.45) is 0 Å². The fourth-order valence-corrected chi connectivity index (χ4v) is 2.64. The molecule has 0 saturated heterocycles. The van der Waals surface area contributed by atoms with Crippen LogP contribution in [0.15, 0.2) is 18.2 Å². The highest BCUT2D eigenvalue weighted by Gasteiger charge is 2.15. The lowest BCUT2D eigenvalue weighted by Crippen LogP contribution is -2.12. The van der Waals surface area contributed by atoms with Crippen molar-refractivity contribution in [1.82, 2.24) is 0 Å². The highest BCUT2D eigenvalue weighted by Crippen LogP contribution is 2.26. The first kappa shape index (κ1) is 17.1. The maximum absolute atomic E-state index is 12.4. The van der Waals surface area contributed by atoms with Crippen LogP contribution in [0, 0.1) is 0 Å². The number of carbonyl (C=O) groups excluding carboxylic acids is 1. The Balaban J connectivity index is 2.97. The zero-order valence-electron chi connectivity index (χ0n) is 13.2. The minimum Gasteiger partial charge on any atom is -0.490 e. The number of Topliss-reactive ketones (excluding diaryl/α,β-unsaturated/α-hetero) is 1. The molecule has 0 saturated carbocycles. The topological polar surface area (TPSA) is 26.3 Å². The predicted octanol–water partition coefficient (Wildman–Crippen LogP) is 4.92. The molecule has 1 aromatic carbocycles. The quantitative estimate of drug-likeness (QED) is 0.502. The van der Waals surface area contributed by atoms with Crippen molar-refractivity contribution in [2.45, 2.75) is 53.1 Å². The Hall–Kier alpha value is -0.960. The van der Waals surface area contributed by atoms with Gasteiger partial charge in [-0.2, -0.15) is 11.8 Å². The van der Waals surface area contributed by atoms with Crippen LogP contribution in [0.4, 0.5) is 0 Å². The maximum Gasteiger partial charge on any atom is 0.176 e. The molecule has 0 bridgehead atoms. The second-order valence-corrected chi connectivity index (χ2v) is 6.66. The van der Waals surface area contributed by atoms with Crippen LogP contribution in [0.2, 0.25) is 0 Å². The van der Waals surface area contributed by atoms with E-state index in [1.165, 1.54) is 5.56 Å². The number of carbonyl (C=O) groups is 1. The molecule has 2 nitrogen and oxygen atoms in total. The third-order valence-electron chi connectivity index (χ3n) is 2.91. The summed E-state index contributed by atoms with van der Waals surface area (Å²) < 4.78 is 5.78. The van der Waals surface area contributed by atoms with Crippen LogP contribution in [0.25, 0.3) is 0 Å². The van der Waals surface area contributed by atoms with E-state index in [2.05, 4.69) is 26.8 Å². The van der Waals surface area contributed by atoms with Crippen molar-refractivity contribution in [3.8, 4) is 5.75 Å². The Morgan fingerprint density at radius 2 is 1.95 bits per heavy atom. The van der Waals surface area contributed by atoms with Crippen LogP contribution >= 0.6 is 11.8 Å². The molecule has 0 aromatic heterocycles. The minimum atomic E-state index is 0.0785. The SMILES string of the molecule is CCCSCC(=O)c1cc(C(C)C)ccc1OC(C)C. The molecule has 0 N–H and O–H groups in total. The molecule has 0 atom stereocenters. The zero-order chi connectivity index (χ0) is 15.1. The molecule has 0 fully saturated rings. The molecule has 0 spiro atoms. The van der Waals surface area contributed by atoms with Crippen LogP contribution in [0.5, 0.6) is 5.75 Å². The number of ketones is 1. The summed E-state index contributed by atoms with van der Waals surface area (Å²) in [6, 6.07) is 5.99. The molecule has 1 aromatic rings. The number of thioether (sulfide) groups is 1. The van der Waals surface area contributed by atoms with E-state index < -0.39 is 0 Å². The number of ether oxygens (including phenoxy) is 1. The van der Waals surface area contributed by atoms with E-state index in [-0.39, 0.29) is 11.9 Å². The van der Waals surface area contributed by atoms with Crippen molar-refractivity contribution in [3.05, 3.63) is 29.3 Å². The summed E-state index contributed by atoms with van der Waals surface area (Å²) in [6.07, 6.45) is 1.18. The molecule has 112 valence electrons. The minimum absolute atomic E-state index is 0.0785. The monoisotopic (exact) mass is 294 g/mol. The highest BCUT2D eigenvalue weighted by atomic mass is 32.2. The second-order valence-electron chi connectivity index (χ2n) is 5.55. The molecule has 0 unspecified atom stereocenters. The number of benzene rings is 1. The van der Waals surface area contributed by atoms with Crippen LogP contribution < -0.4 is 4.74 Å². The summed E-state index contributed by atoms with van der Waals surface area (Å²) in [6.45, 7) is 10.4. The zero-order valence-corrected chi connectivity index (χ0v) is 14.0. The number of hydrogen-bond acceptors (Lipinski definition) is 3. The summed E-state index contributed by atoms with van der Waals surface area (Å²) >= 11 is 1.69. The van der Waals surface area contributed by atoms with Crippen molar-refractivity contribution in [1.29, 1.82) is 0 Å². The highest BCUT2D eigenvalue weighted by molar-refractivity contribution is 7.99. The average molecular weight is 294 g/mol. The fourth-order valence-electron chi connectivity index (χ4n) is 1.87. The molecular weight excluding hydrogens is 268 g/mol. The summed E-state index contributed by atoms with van der Waals surface area (Å²) in [5, 5.41) is 0. The Labute approximate surface area is 127 Å². The third kappa shape index (κ3) is 5.20. The number of hydrogen-bond donors (Lipinski definition) is 0. The normalized spacial score (nSPS) is 11.2. The summed E-state index contributed by atoms with van der Waals surface area (Å²) in [7, 11) is 0. The Morgan fingerprint density at radius 1 is 1.25 bits per heavy atom. The molecule has 3 heteroatoms. The van der Waals surface area contributed by atoms with E-state index >= 15 is 0 Å². The smallest absolute Gasteiger partial charge is 0.176 e. The molecule has 0 heterocycles. The Morgan fingerprint density at radius 3 is 2.50 bits per heavy atom. The van der Waals surface area contributed by atoms with Crippen molar-refractivity contribution < 1.29 is 9.53 Å². The molecule has 0 aliphatic carbocycles. The van der Waals surface area contributed by atoms with Gasteiger partial charge in [-0.1, -0.05) is 26.8 Å². The first-order valence-corrected chi connectivity index (χ1v) is 8.52. The second kappa shape index (κ2) is 8.35. The van der Waals surface area contributed by atoms with Gasteiger partial charge in [0.1, 0.15) is 5.75 Å². The first-order valence-electron chi connectivity index (χ1n) is 7.37.